The van der Waals surface area contributed by atoms with Gasteiger partial charge in [0, 0.05) is 26.2 Å². The average molecular weight is 310 g/mol. The summed E-state index contributed by atoms with van der Waals surface area (Å²) in [7, 11) is 0. The molecule has 1 amide bonds. The van der Waals surface area contributed by atoms with Gasteiger partial charge in [-0.2, -0.15) is 0 Å². The number of nitrogens with one attached hydrogen (secondary N) is 1. The maximum absolute atomic E-state index is 12.5. The molecule has 1 aliphatic heterocycles. The van der Waals surface area contributed by atoms with Gasteiger partial charge in [-0.3, -0.25) is 14.5 Å². The van der Waals surface area contributed by atoms with Crippen molar-refractivity contribution in [3.05, 3.63) is 0 Å². The number of hydrogen-bond donors (Lipinski definition) is 2. The molecule has 3 saturated carbocycles. The van der Waals surface area contributed by atoms with Crippen molar-refractivity contribution in [1.29, 1.82) is 0 Å². The largest absolute Gasteiger partial charge is 0.481 e. The van der Waals surface area contributed by atoms with E-state index in [9.17, 15) is 14.7 Å². The van der Waals surface area contributed by atoms with Gasteiger partial charge in [-0.05, 0) is 37.5 Å². The van der Waals surface area contributed by atoms with E-state index in [1.54, 1.807) is 0 Å². The lowest BCUT2D eigenvalue weighted by Crippen LogP contribution is -2.51. The molecule has 3 aliphatic carbocycles. The fourth-order valence-corrected chi connectivity index (χ4v) is 4.46. The summed E-state index contributed by atoms with van der Waals surface area (Å²) in [5.41, 5.74) is 0. The normalized spacial score (nSPS) is 35.3. The average Bonchev–Trinajstić information content (AvgIpc) is 2.55. The van der Waals surface area contributed by atoms with Crippen LogP contribution in [0.25, 0.3) is 0 Å². The van der Waals surface area contributed by atoms with Crippen LogP contribution in [-0.4, -0.2) is 61.3 Å². The SMILES string of the molecule is O=C(O)[C@@H]1C2CCC(CC2)[C@@H]1C(=O)NCCN1CCOCC1. The van der Waals surface area contributed by atoms with Crippen LogP contribution in [0.2, 0.25) is 0 Å². The summed E-state index contributed by atoms with van der Waals surface area (Å²) in [5, 5.41) is 12.5. The van der Waals surface area contributed by atoms with Crippen molar-refractivity contribution >= 4 is 11.9 Å². The lowest BCUT2D eigenvalue weighted by atomic mass is 9.58. The van der Waals surface area contributed by atoms with E-state index in [1.165, 1.54) is 0 Å². The minimum atomic E-state index is -0.789. The number of hydrogen-bond acceptors (Lipinski definition) is 4. The van der Waals surface area contributed by atoms with E-state index >= 15 is 0 Å². The predicted octanol–water partition coefficient (Wildman–Crippen LogP) is 0.572. The second-order valence-electron chi connectivity index (χ2n) is 6.81. The third-order valence-corrected chi connectivity index (χ3v) is 5.64. The molecule has 2 atom stereocenters. The number of carbonyl (C=O) groups is 2. The minimum Gasteiger partial charge on any atom is -0.481 e. The summed E-state index contributed by atoms with van der Waals surface area (Å²) in [6.45, 7) is 4.72. The van der Waals surface area contributed by atoms with Gasteiger partial charge in [-0.15, -0.1) is 0 Å². The van der Waals surface area contributed by atoms with Gasteiger partial charge < -0.3 is 15.2 Å². The monoisotopic (exact) mass is 310 g/mol. The number of rotatable bonds is 5. The molecule has 2 N–H and O–H groups in total. The van der Waals surface area contributed by atoms with Gasteiger partial charge in [0.15, 0.2) is 0 Å². The minimum absolute atomic E-state index is 0.0462. The Labute approximate surface area is 131 Å². The van der Waals surface area contributed by atoms with Gasteiger partial charge in [0.1, 0.15) is 0 Å². The fraction of sp³-hybridized carbons (Fsp3) is 0.875. The third kappa shape index (κ3) is 3.27. The molecule has 6 nitrogen and oxygen atoms in total. The zero-order valence-electron chi connectivity index (χ0n) is 13.0. The lowest BCUT2D eigenvalue weighted by Gasteiger charge is -2.45. The molecule has 1 heterocycles. The number of carboxylic acid groups (broad SMARTS) is 1. The van der Waals surface area contributed by atoms with Crippen molar-refractivity contribution in [1.82, 2.24) is 10.2 Å². The highest BCUT2D eigenvalue weighted by Crippen LogP contribution is 2.49. The molecule has 2 bridgehead atoms. The summed E-state index contributed by atoms with van der Waals surface area (Å²) < 4.78 is 5.30. The number of carbonyl (C=O) groups excluding carboxylic acids is 1. The zero-order chi connectivity index (χ0) is 15.5. The molecule has 0 aromatic carbocycles. The molecule has 4 aliphatic rings. The molecule has 4 rings (SSSR count). The van der Waals surface area contributed by atoms with Gasteiger partial charge in [0.2, 0.25) is 5.91 Å². The number of ether oxygens (including phenoxy) is 1. The highest BCUT2D eigenvalue weighted by molar-refractivity contribution is 5.85. The highest BCUT2D eigenvalue weighted by atomic mass is 16.5. The van der Waals surface area contributed by atoms with Crippen molar-refractivity contribution in [3.63, 3.8) is 0 Å². The highest BCUT2D eigenvalue weighted by Gasteiger charge is 2.50. The van der Waals surface area contributed by atoms with Crippen LogP contribution in [0.3, 0.4) is 0 Å². The molecular weight excluding hydrogens is 284 g/mol. The van der Waals surface area contributed by atoms with Gasteiger partial charge >= 0.3 is 5.97 Å². The van der Waals surface area contributed by atoms with E-state index in [-0.39, 0.29) is 23.7 Å². The Balaban J connectivity index is 1.52. The molecule has 0 aromatic heterocycles. The van der Waals surface area contributed by atoms with E-state index in [0.717, 1.165) is 58.5 Å². The van der Waals surface area contributed by atoms with E-state index in [2.05, 4.69) is 10.2 Å². The Kier molecular flexibility index (Phi) is 4.98. The second kappa shape index (κ2) is 6.96. The van der Waals surface area contributed by atoms with Crippen LogP contribution in [0.4, 0.5) is 0 Å². The van der Waals surface area contributed by atoms with Crippen molar-refractivity contribution in [2.24, 2.45) is 23.7 Å². The molecule has 0 aromatic rings. The van der Waals surface area contributed by atoms with Gasteiger partial charge in [-0.1, -0.05) is 0 Å². The number of aliphatic carboxylic acids is 1. The summed E-state index contributed by atoms with van der Waals surface area (Å²) in [6.07, 6.45) is 3.96. The molecule has 6 heteroatoms. The molecule has 0 radical (unpaired) electrons. The van der Waals surface area contributed by atoms with Crippen LogP contribution >= 0.6 is 0 Å². The van der Waals surface area contributed by atoms with Crippen molar-refractivity contribution in [2.45, 2.75) is 25.7 Å². The Morgan fingerprint density at radius 3 is 2.23 bits per heavy atom. The Morgan fingerprint density at radius 1 is 1.05 bits per heavy atom. The van der Waals surface area contributed by atoms with Gasteiger partial charge in [-0.25, -0.2) is 0 Å². The van der Waals surface area contributed by atoms with Crippen LogP contribution in [0.15, 0.2) is 0 Å². The summed E-state index contributed by atoms with van der Waals surface area (Å²) in [5.74, 6) is -1.18. The quantitative estimate of drug-likeness (QED) is 0.776. The molecular formula is C16H26N2O4. The van der Waals surface area contributed by atoms with Crippen molar-refractivity contribution in [2.75, 3.05) is 39.4 Å². The zero-order valence-corrected chi connectivity index (χ0v) is 13.0. The number of morpholine rings is 1. The Hall–Kier alpha value is -1.14. The molecule has 4 fully saturated rings. The Bertz CT molecular complexity index is 414. The topological polar surface area (TPSA) is 78.9 Å². The predicted molar refractivity (Wildman–Crippen MR) is 80.3 cm³/mol. The van der Waals surface area contributed by atoms with Crippen LogP contribution in [0.5, 0.6) is 0 Å². The number of fused-ring (bicyclic) bond motifs is 3. The van der Waals surface area contributed by atoms with Crippen molar-refractivity contribution in [3.8, 4) is 0 Å². The molecule has 124 valence electrons. The first-order valence-electron chi connectivity index (χ1n) is 8.47. The van der Waals surface area contributed by atoms with E-state index < -0.39 is 11.9 Å². The molecule has 1 saturated heterocycles. The summed E-state index contributed by atoms with van der Waals surface area (Å²) >= 11 is 0. The standard InChI is InChI=1S/C16H26N2O4/c19-15(17-5-6-18-7-9-22-10-8-18)13-11-1-3-12(4-2-11)14(13)16(20)21/h11-14H,1-10H2,(H,17,19)(H,20,21)/t11?,12?,13-,14+/m0/s1. The smallest absolute Gasteiger partial charge is 0.307 e. The maximum Gasteiger partial charge on any atom is 0.307 e. The lowest BCUT2D eigenvalue weighted by molar-refractivity contribution is -0.158. The maximum atomic E-state index is 12.5. The van der Waals surface area contributed by atoms with Gasteiger partial charge in [0.05, 0.1) is 25.0 Å². The first-order valence-corrected chi connectivity index (χ1v) is 8.47. The summed E-state index contributed by atoms with van der Waals surface area (Å²) in [4.78, 5) is 26.4. The molecule has 22 heavy (non-hydrogen) atoms. The number of nitrogens with zero attached hydrogens (tertiary/aromatic N) is 1. The molecule has 0 spiro atoms. The van der Waals surface area contributed by atoms with E-state index in [4.69, 9.17) is 4.74 Å². The van der Waals surface area contributed by atoms with Crippen molar-refractivity contribution < 1.29 is 19.4 Å². The Morgan fingerprint density at radius 2 is 1.64 bits per heavy atom. The number of carboxylic acids is 1. The second-order valence-corrected chi connectivity index (χ2v) is 6.81. The molecule has 0 unspecified atom stereocenters. The fourth-order valence-electron chi connectivity index (χ4n) is 4.46. The van der Waals surface area contributed by atoms with E-state index in [1.807, 2.05) is 0 Å². The van der Waals surface area contributed by atoms with Crippen LogP contribution < -0.4 is 5.32 Å². The number of amides is 1. The summed E-state index contributed by atoms with van der Waals surface area (Å²) in [6, 6.07) is 0. The van der Waals surface area contributed by atoms with Gasteiger partial charge in [0.25, 0.3) is 0 Å². The van der Waals surface area contributed by atoms with Crippen LogP contribution in [0, 0.1) is 23.7 Å². The first kappa shape index (κ1) is 15.7. The third-order valence-electron chi connectivity index (χ3n) is 5.64. The van der Waals surface area contributed by atoms with Crippen LogP contribution in [-0.2, 0) is 14.3 Å². The first-order chi connectivity index (χ1) is 10.7. The van der Waals surface area contributed by atoms with E-state index in [0.29, 0.717) is 6.54 Å². The van der Waals surface area contributed by atoms with Crippen LogP contribution in [0.1, 0.15) is 25.7 Å².